The molecule has 5 nitrogen and oxygen atoms in total. The zero-order chi connectivity index (χ0) is 20.8. The lowest BCUT2D eigenvalue weighted by Crippen LogP contribution is -2.38. The van der Waals surface area contributed by atoms with E-state index in [1.807, 2.05) is 48.5 Å². The van der Waals surface area contributed by atoms with E-state index in [-0.39, 0.29) is 18.6 Å². The largest absolute Gasteiger partial charge is 0.497 e. The predicted octanol–water partition coefficient (Wildman–Crippen LogP) is 4.18. The average Bonchev–Trinajstić information content (AvgIpc) is 3.33. The molecule has 0 aromatic heterocycles. The topological polar surface area (TPSA) is 50.8 Å². The summed E-state index contributed by atoms with van der Waals surface area (Å²) in [6, 6.07) is 22.3. The number of fused-ring (bicyclic) bond motifs is 1. The monoisotopic (exact) mass is 404 g/mol. The molecule has 0 bridgehead atoms. The van der Waals surface area contributed by atoms with Crippen molar-refractivity contribution in [1.82, 2.24) is 10.2 Å². The minimum atomic E-state index is -0.110. The van der Waals surface area contributed by atoms with Crippen molar-refractivity contribution in [3.05, 3.63) is 72.3 Å². The van der Waals surface area contributed by atoms with Crippen molar-refractivity contribution < 1.29 is 14.3 Å². The Kier molecular flexibility index (Phi) is 6.50. The number of nitrogens with one attached hydrogen (secondary N) is 1. The molecule has 0 saturated carbocycles. The fraction of sp³-hybridized carbons (Fsp3) is 0.320. The molecule has 1 amide bonds. The third-order valence-electron chi connectivity index (χ3n) is 5.67. The van der Waals surface area contributed by atoms with Gasteiger partial charge in [0.1, 0.15) is 11.5 Å². The molecule has 0 aliphatic carbocycles. The smallest absolute Gasteiger partial charge is 0.258 e. The van der Waals surface area contributed by atoms with Crippen molar-refractivity contribution in [2.75, 3.05) is 33.4 Å². The first-order chi connectivity index (χ1) is 14.7. The number of likely N-dealkylation sites (tertiary alicyclic amines) is 1. The van der Waals surface area contributed by atoms with Crippen LogP contribution in [0.5, 0.6) is 11.5 Å². The van der Waals surface area contributed by atoms with E-state index in [0.717, 1.165) is 29.6 Å². The van der Waals surface area contributed by atoms with Crippen LogP contribution in [0.15, 0.2) is 66.7 Å². The van der Waals surface area contributed by atoms with Crippen LogP contribution in [0.4, 0.5) is 0 Å². The lowest BCUT2D eigenvalue weighted by molar-refractivity contribution is -0.123. The zero-order valence-corrected chi connectivity index (χ0v) is 17.3. The van der Waals surface area contributed by atoms with E-state index in [9.17, 15) is 4.79 Å². The minimum absolute atomic E-state index is 0.00761. The van der Waals surface area contributed by atoms with Crippen molar-refractivity contribution in [3.8, 4) is 11.5 Å². The maximum atomic E-state index is 12.5. The highest BCUT2D eigenvalue weighted by Gasteiger charge is 2.24. The highest BCUT2D eigenvalue weighted by atomic mass is 16.5. The molecule has 1 aliphatic rings. The van der Waals surface area contributed by atoms with Gasteiger partial charge >= 0.3 is 0 Å². The van der Waals surface area contributed by atoms with Gasteiger partial charge in [-0.25, -0.2) is 0 Å². The molecular weight excluding hydrogens is 376 g/mol. The molecule has 1 aliphatic heterocycles. The Labute approximate surface area is 177 Å². The number of hydrogen-bond donors (Lipinski definition) is 1. The molecular formula is C25H28N2O3. The van der Waals surface area contributed by atoms with Crippen LogP contribution in [0.3, 0.4) is 0 Å². The summed E-state index contributed by atoms with van der Waals surface area (Å²) in [6.07, 6.45) is 2.40. The van der Waals surface area contributed by atoms with E-state index >= 15 is 0 Å². The van der Waals surface area contributed by atoms with Gasteiger partial charge < -0.3 is 14.8 Å². The molecule has 1 N–H and O–H groups in total. The quantitative estimate of drug-likeness (QED) is 0.612. The summed E-state index contributed by atoms with van der Waals surface area (Å²) >= 11 is 0. The Hall–Kier alpha value is -3.05. The lowest BCUT2D eigenvalue weighted by Gasteiger charge is -2.28. The van der Waals surface area contributed by atoms with Crippen molar-refractivity contribution in [2.45, 2.75) is 18.9 Å². The van der Waals surface area contributed by atoms with E-state index in [0.29, 0.717) is 12.3 Å². The average molecular weight is 405 g/mol. The summed E-state index contributed by atoms with van der Waals surface area (Å²) in [6.45, 7) is 2.68. The molecule has 1 heterocycles. The number of nitrogens with zero attached hydrogens (tertiary/aromatic N) is 1. The first kappa shape index (κ1) is 20.2. The van der Waals surface area contributed by atoms with Gasteiger partial charge in [0.2, 0.25) is 0 Å². The number of benzene rings is 3. The van der Waals surface area contributed by atoms with E-state index in [1.165, 1.54) is 18.4 Å². The molecule has 30 heavy (non-hydrogen) atoms. The van der Waals surface area contributed by atoms with E-state index in [4.69, 9.17) is 9.47 Å². The van der Waals surface area contributed by atoms with Gasteiger partial charge in [0.25, 0.3) is 5.91 Å². The van der Waals surface area contributed by atoms with E-state index in [1.54, 1.807) is 7.11 Å². The van der Waals surface area contributed by atoms with Gasteiger partial charge in [0, 0.05) is 6.54 Å². The molecule has 4 rings (SSSR count). The van der Waals surface area contributed by atoms with Crippen LogP contribution in [0.25, 0.3) is 10.8 Å². The second kappa shape index (κ2) is 9.63. The molecule has 1 atom stereocenters. The number of carbonyl (C=O) groups excluding carboxylic acids is 1. The highest BCUT2D eigenvalue weighted by molar-refractivity contribution is 5.84. The van der Waals surface area contributed by atoms with Crippen LogP contribution >= 0.6 is 0 Å². The van der Waals surface area contributed by atoms with E-state index < -0.39 is 0 Å². The molecule has 0 radical (unpaired) electrons. The number of ether oxygens (including phenoxy) is 2. The van der Waals surface area contributed by atoms with Crippen molar-refractivity contribution in [3.63, 3.8) is 0 Å². The number of rotatable bonds is 8. The van der Waals surface area contributed by atoms with Gasteiger partial charge in [0.15, 0.2) is 6.61 Å². The summed E-state index contributed by atoms with van der Waals surface area (Å²) in [5, 5.41) is 5.31. The van der Waals surface area contributed by atoms with Gasteiger partial charge in [-0.2, -0.15) is 0 Å². The molecule has 156 valence electrons. The number of amides is 1. The second-order valence-electron chi connectivity index (χ2n) is 7.63. The molecule has 0 spiro atoms. The Balaban J connectivity index is 1.35. The van der Waals surface area contributed by atoms with Crippen LogP contribution in [-0.4, -0.2) is 44.2 Å². The second-order valence-corrected chi connectivity index (χ2v) is 7.63. The maximum Gasteiger partial charge on any atom is 0.258 e. The summed E-state index contributed by atoms with van der Waals surface area (Å²) in [4.78, 5) is 14.9. The molecule has 3 aromatic carbocycles. The Morgan fingerprint density at radius 1 is 0.967 bits per heavy atom. The standard InChI is InChI=1S/C25H28N2O3/c1-29-22-11-9-20(10-12-22)24(27-14-4-5-15-27)17-26-25(28)18-30-23-13-8-19-6-2-3-7-21(19)16-23/h2-3,6-13,16,24H,4-5,14-15,17-18H2,1H3,(H,26,28)/t24-/m1/s1. The van der Waals surface area contributed by atoms with Gasteiger partial charge in [-0.15, -0.1) is 0 Å². The van der Waals surface area contributed by atoms with Crippen molar-refractivity contribution in [1.29, 1.82) is 0 Å². The summed E-state index contributed by atoms with van der Waals surface area (Å²) in [5.41, 5.74) is 1.19. The van der Waals surface area contributed by atoms with Crippen LogP contribution in [0.2, 0.25) is 0 Å². The highest BCUT2D eigenvalue weighted by Crippen LogP contribution is 2.26. The third kappa shape index (κ3) is 4.92. The summed E-state index contributed by atoms with van der Waals surface area (Å²) in [5.74, 6) is 1.43. The lowest BCUT2D eigenvalue weighted by atomic mass is 10.1. The van der Waals surface area contributed by atoms with Crippen molar-refractivity contribution in [2.24, 2.45) is 0 Å². The number of carbonyl (C=O) groups is 1. The van der Waals surface area contributed by atoms with Crippen LogP contribution in [0, 0.1) is 0 Å². The van der Waals surface area contributed by atoms with Crippen molar-refractivity contribution >= 4 is 16.7 Å². The predicted molar refractivity (Wildman–Crippen MR) is 119 cm³/mol. The summed E-state index contributed by atoms with van der Waals surface area (Å²) in [7, 11) is 1.67. The molecule has 5 heteroatoms. The molecule has 1 fully saturated rings. The fourth-order valence-electron chi connectivity index (χ4n) is 4.00. The molecule has 1 saturated heterocycles. The first-order valence-corrected chi connectivity index (χ1v) is 10.5. The maximum absolute atomic E-state index is 12.5. The van der Waals surface area contributed by atoms with Gasteiger partial charge in [-0.05, 0) is 66.5 Å². The normalized spacial score (nSPS) is 15.1. The van der Waals surface area contributed by atoms with Crippen LogP contribution in [0.1, 0.15) is 24.4 Å². The van der Waals surface area contributed by atoms with Gasteiger partial charge in [-0.1, -0.05) is 42.5 Å². The number of hydrogen-bond acceptors (Lipinski definition) is 4. The zero-order valence-electron chi connectivity index (χ0n) is 17.3. The Morgan fingerprint density at radius 2 is 1.67 bits per heavy atom. The fourth-order valence-corrected chi connectivity index (χ4v) is 4.00. The SMILES string of the molecule is COc1ccc([C@@H](CNC(=O)COc2ccc3ccccc3c2)N2CCCC2)cc1. The Morgan fingerprint density at radius 3 is 2.40 bits per heavy atom. The first-order valence-electron chi connectivity index (χ1n) is 10.5. The van der Waals surface area contributed by atoms with Crippen LogP contribution < -0.4 is 14.8 Å². The number of methoxy groups -OCH3 is 1. The molecule has 3 aromatic rings. The Bertz CT molecular complexity index is 981. The van der Waals surface area contributed by atoms with Crippen LogP contribution in [-0.2, 0) is 4.79 Å². The summed E-state index contributed by atoms with van der Waals surface area (Å²) < 4.78 is 11.0. The minimum Gasteiger partial charge on any atom is -0.497 e. The van der Waals surface area contributed by atoms with Gasteiger partial charge in [0.05, 0.1) is 13.2 Å². The third-order valence-corrected chi connectivity index (χ3v) is 5.67. The van der Waals surface area contributed by atoms with E-state index in [2.05, 4.69) is 28.4 Å². The van der Waals surface area contributed by atoms with Gasteiger partial charge in [-0.3, -0.25) is 9.69 Å². The molecule has 0 unspecified atom stereocenters.